The van der Waals surface area contributed by atoms with Crippen LogP contribution in [0.5, 0.6) is 0 Å². The molecule has 0 aliphatic carbocycles. The molecule has 0 spiro atoms. The van der Waals surface area contributed by atoms with Gasteiger partial charge in [0.05, 0.1) is 12.1 Å². The molecule has 0 bridgehead atoms. The van der Waals surface area contributed by atoms with E-state index in [4.69, 9.17) is 10.5 Å². The monoisotopic (exact) mass is 282 g/mol. The first-order valence-electron chi connectivity index (χ1n) is 7.19. The number of ether oxygens (including phenoxy) is 1. The summed E-state index contributed by atoms with van der Waals surface area (Å²) in [5.74, 6) is 0. The molecule has 108 valence electrons. The summed E-state index contributed by atoms with van der Waals surface area (Å²) in [5.41, 5.74) is 7.77. The number of likely N-dealkylation sites (N-methyl/N-ethyl adjacent to an activating group) is 1. The van der Waals surface area contributed by atoms with Crippen molar-refractivity contribution < 1.29 is 4.74 Å². The molecule has 2 N–H and O–H groups in total. The van der Waals surface area contributed by atoms with E-state index in [0.717, 1.165) is 19.4 Å². The second-order valence-corrected chi connectivity index (χ2v) is 6.53. The molecule has 0 saturated carbocycles. The number of rotatable bonds is 5. The van der Waals surface area contributed by atoms with Crippen LogP contribution in [-0.2, 0) is 4.74 Å². The highest BCUT2D eigenvalue weighted by Crippen LogP contribution is 2.34. The highest BCUT2D eigenvalue weighted by atomic mass is 32.1. The molecule has 1 aliphatic rings. The van der Waals surface area contributed by atoms with Crippen LogP contribution in [0, 0.1) is 6.92 Å². The molecule has 1 saturated heterocycles. The van der Waals surface area contributed by atoms with E-state index >= 15 is 0 Å². The minimum Gasteiger partial charge on any atom is -0.377 e. The number of thiophene rings is 1. The van der Waals surface area contributed by atoms with Crippen LogP contribution >= 0.6 is 11.3 Å². The van der Waals surface area contributed by atoms with Crippen LogP contribution in [0.3, 0.4) is 0 Å². The van der Waals surface area contributed by atoms with Crippen molar-refractivity contribution in [1.82, 2.24) is 4.90 Å². The Labute approximate surface area is 120 Å². The van der Waals surface area contributed by atoms with Gasteiger partial charge in [0.15, 0.2) is 0 Å². The van der Waals surface area contributed by atoms with Crippen LogP contribution in [0.1, 0.15) is 43.2 Å². The van der Waals surface area contributed by atoms with Gasteiger partial charge in [-0.3, -0.25) is 4.90 Å². The van der Waals surface area contributed by atoms with Gasteiger partial charge in [0.1, 0.15) is 0 Å². The SMILES string of the molecule is CCC(N)C(c1sccc1C)N(C)C1CCOC1C. The molecule has 0 radical (unpaired) electrons. The van der Waals surface area contributed by atoms with Gasteiger partial charge in [-0.2, -0.15) is 0 Å². The maximum atomic E-state index is 6.42. The van der Waals surface area contributed by atoms with Gasteiger partial charge >= 0.3 is 0 Å². The molecule has 3 nitrogen and oxygen atoms in total. The van der Waals surface area contributed by atoms with Gasteiger partial charge in [0, 0.05) is 23.6 Å². The lowest BCUT2D eigenvalue weighted by molar-refractivity contribution is 0.0615. The lowest BCUT2D eigenvalue weighted by Crippen LogP contribution is -2.46. The summed E-state index contributed by atoms with van der Waals surface area (Å²) in [4.78, 5) is 3.86. The van der Waals surface area contributed by atoms with Gasteiger partial charge in [-0.15, -0.1) is 11.3 Å². The fourth-order valence-electron chi connectivity index (χ4n) is 3.05. The first-order valence-corrected chi connectivity index (χ1v) is 8.07. The van der Waals surface area contributed by atoms with E-state index in [1.54, 1.807) is 0 Å². The van der Waals surface area contributed by atoms with Crippen molar-refractivity contribution in [3.63, 3.8) is 0 Å². The topological polar surface area (TPSA) is 38.5 Å². The smallest absolute Gasteiger partial charge is 0.0703 e. The number of hydrogen-bond acceptors (Lipinski definition) is 4. The Morgan fingerprint density at radius 3 is 2.79 bits per heavy atom. The van der Waals surface area contributed by atoms with Gasteiger partial charge < -0.3 is 10.5 Å². The summed E-state index contributed by atoms with van der Waals surface area (Å²) in [7, 11) is 2.20. The lowest BCUT2D eigenvalue weighted by atomic mass is 9.98. The third-order valence-electron chi connectivity index (χ3n) is 4.35. The molecule has 2 heterocycles. The van der Waals surface area contributed by atoms with E-state index in [1.165, 1.54) is 10.4 Å². The van der Waals surface area contributed by atoms with Gasteiger partial charge in [-0.1, -0.05) is 6.92 Å². The average molecular weight is 282 g/mol. The predicted molar refractivity (Wildman–Crippen MR) is 81.6 cm³/mol. The van der Waals surface area contributed by atoms with E-state index in [9.17, 15) is 0 Å². The van der Waals surface area contributed by atoms with Crippen LogP contribution in [-0.4, -0.2) is 36.7 Å². The molecule has 1 fully saturated rings. The van der Waals surface area contributed by atoms with Crippen LogP contribution in [0.25, 0.3) is 0 Å². The molecule has 4 unspecified atom stereocenters. The van der Waals surface area contributed by atoms with Crippen molar-refractivity contribution in [2.24, 2.45) is 5.73 Å². The zero-order chi connectivity index (χ0) is 14.0. The van der Waals surface area contributed by atoms with Crippen molar-refractivity contribution in [3.8, 4) is 0 Å². The summed E-state index contributed by atoms with van der Waals surface area (Å²) >= 11 is 1.83. The third kappa shape index (κ3) is 3.02. The summed E-state index contributed by atoms with van der Waals surface area (Å²) in [6.07, 6.45) is 2.40. The first-order chi connectivity index (χ1) is 9.06. The fraction of sp³-hybridized carbons (Fsp3) is 0.733. The van der Waals surface area contributed by atoms with E-state index < -0.39 is 0 Å². The van der Waals surface area contributed by atoms with E-state index in [2.05, 4.69) is 44.2 Å². The maximum Gasteiger partial charge on any atom is 0.0703 e. The average Bonchev–Trinajstić information content (AvgIpc) is 2.99. The fourth-order valence-corrected chi connectivity index (χ4v) is 4.21. The molecule has 4 atom stereocenters. The summed E-state index contributed by atoms with van der Waals surface area (Å²) in [6, 6.07) is 3.15. The molecule has 2 rings (SSSR count). The van der Waals surface area contributed by atoms with Crippen LogP contribution in [0.4, 0.5) is 0 Å². The first kappa shape index (κ1) is 15.0. The van der Waals surface area contributed by atoms with Crippen molar-refractivity contribution in [3.05, 3.63) is 21.9 Å². The van der Waals surface area contributed by atoms with Gasteiger partial charge in [-0.25, -0.2) is 0 Å². The molecular weight excluding hydrogens is 256 g/mol. The second-order valence-electron chi connectivity index (χ2n) is 5.58. The minimum absolute atomic E-state index is 0.176. The molecule has 1 aliphatic heterocycles. The van der Waals surface area contributed by atoms with Crippen LogP contribution in [0.15, 0.2) is 11.4 Å². The van der Waals surface area contributed by atoms with Crippen molar-refractivity contribution in [2.45, 2.75) is 57.8 Å². The van der Waals surface area contributed by atoms with Crippen molar-refractivity contribution in [1.29, 1.82) is 0 Å². The zero-order valence-electron chi connectivity index (χ0n) is 12.4. The predicted octanol–water partition coefficient (Wildman–Crippen LogP) is 2.94. The number of aryl methyl sites for hydroxylation is 1. The number of nitrogens with two attached hydrogens (primary N) is 1. The Hall–Kier alpha value is -0.420. The highest BCUT2D eigenvalue weighted by Gasteiger charge is 2.35. The maximum absolute atomic E-state index is 6.42. The summed E-state index contributed by atoms with van der Waals surface area (Å²) < 4.78 is 5.72. The zero-order valence-corrected chi connectivity index (χ0v) is 13.2. The molecule has 0 amide bonds. The van der Waals surface area contributed by atoms with Gasteiger partial charge in [0.2, 0.25) is 0 Å². The van der Waals surface area contributed by atoms with E-state index in [-0.39, 0.29) is 6.04 Å². The Kier molecular flexibility index (Phi) is 5.01. The Bertz CT molecular complexity index is 407. The Morgan fingerprint density at radius 2 is 2.32 bits per heavy atom. The van der Waals surface area contributed by atoms with Crippen molar-refractivity contribution >= 4 is 11.3 Å². The van der Waals surface area contributed by atoms with Crippen molar-refractivity contribution in [2.75, 3.05) is 13.7 Å². The Balaban J connectivity index is 2.25. The highest BCUT2D eigenvalue weighted by molar-refractivity contribution is 7.10. The molecular formula is C15H26N2OS. The molecule has 1 aromatic heterocycles. The van der Waals surface area contributed by atoms with Gasteiger partial charge in [0.25, 0.3) is 0 Å². The number of hydrogen-bond donors (Lipinski definition) is 1. The van der Waals surface area contributed by atoms with Crippen LogP contribution in [0.2, 0.25) is 0 Å². The summed E-state index contributed by atoms with van der Waals surface area (Å²) in [6.45, 7) is 7.39. The molecule has 19 heavy (non-hydrogen) atoms. The van der Waals surface area contributed by atoms with Gasteiger partial charge in [-0.05, 0) is 50.7 Å². The second kappa shape index (κ2) is 6.35. The molecule has 4 heteroatoms. The molecule has 0 aromatic carbocycles. The van der Waals surface area contributed by atoms with Crippen LogP contribution < -0.4 is 5.73 Å². The third-order valence-corrected chi connectivity index (χ3v) is 5.43. The molecule has 1 aromatic rings. The normalized spacial score (nSPS) is 26.8. The quantitative estimate of drug-likeness (QED) is 0.902. The van der Waals surface area contributed by atoms with E-state index in [0.29, 0.717) is 18.2 Å². The lowest BCUT2D eigenvalue weighted by Gasteiger charge is -2.37. The Morgan fingerprint density at radius 1 is 1.58 bits per heavy atom. The minimum atomic E-state index is 0.176. The standard InChI is InChI=1S/C15H26N2OS/c1-5-12(16)14(15-10(2)7-9-19-15)17(4)13-6-8-18-11(13)3/h7,9,11-14H,5-6,8,16H2,1-4H3. The number of nitrogens with zero attached hydrogens (tertiary/aromatic N) is 1. The largest absolute Gasteiger partial charge is 0.377 e. The summed E-state index contributed by atoms with van der Waals surface area (Å²) in [5, 5.41) is 2.17. The van der Waals surface area contributed by atoms with E-state index in [1.807, 2.05) is 11.3 Å².